The van der Waals surface area contributed by atoms with Crippen molar-refractivity contribution < 1.29 is 0 Å². The summed E-state index contributed by atoms with van der Waals surface area (Å²) in [6.45, 7) is 3.97. The van der Waals surface area contributed by atoms with Gasteiger partial charge in [0.1, 0.15) is 0 Å². The number of aryl methyl sites for hydroxylation is 1. The molecule has 0 radical (unpaired) electrons. The molecule has 4 nitrogen and oxygen atoms in total. The molecule has 0 atom stereocenters. The van der Waals surface area contributed by atoms with E-state index in [-0.39, 0.29) is 24.0 Å². The van der Waals surface area contributed by atoms with Crippen molar-refractivity contribution in [3.8, 4) is 0 Å². The van der Waals surface area contributed by atoms with Crippen molar-refractivity contribution in [3.05, 3.63) is 16.1 Å². The first-order chi connectivity index (χ1) is 8.80. The fraction of sp³-hybridized carbons (Fsp3) is 0.667. The van der Waals surface area contributed by atoms with Crippen LogP contribution in [0.3, 0.4) is 0 Å². The summed E-state index contributed by atoms with van der Waals surface area (Å²) in [4.78, 5) is 9.93. The Hall–Kier alpha value is -0.0200. The molecule has 2 N–H and O–H groups in total. The molecular weight excluding hydrogens is 391 g/mol. The predicted octanol–water partition coefficient (Wildman–Crippen LogP) is 2.39. The summed E-state index contributed by atoms with van der Waals surface area (Å²) >= 11 is 3.63. The number of halogens is 1. The van der Waals surface area contributed by atoms with Gasteiger partial charge in [0.05, 0.1) is 5.01 Å². The van der Waals surface area contributed by atoms with Crippen molar-refractivity contribution in [2.24, 2.45) is 4.99 Å². The fourth-order valence-corrected chi connectivity index (χ4v) is 2.58. The van der Waals surface area contributed by atoms with Gasteiger partial charge in [-0.1, -0.05) is 6.92 Å². The molecule has 1 aromatic rings. The van der Waals surface area contributed by atoms with E-state index in [0.717, 1.165) is 37.6 Å². The molecule has 0 saturated carbocycles. The number of rotatable bonds is 7. The van der Waals surface area contributed by atoms with E-state index in [2.05, 4.69) is 33.8 Å². The van der Waals surface area contributed by atoms with Gasteiger partial charge in [0.25, 0.3) is 0 Å². The molecule has 0 aromatic carbocycles. The topological polar surface area (TPSA) is 49.3 Å². The number of hydrogen-bond donors (Lipinski definition) is 2. The average Bonchev–Trinajstić information content (AvgIpc) is 2.85. The SMILES string of the molecule is CCc1cnc(CCNC(=NC)NCCSC)s1.I. The first-order valence-electron chi connectivity index (χ1n) is 6.17. The third kappa shape index (κ3) is 7.98. The number of thioether (sulfide) groups is 1. The van der Waals surface area contributed by atoms with Gasteiger partial charge in [-0.15, -0.1) is 35.3 Å². The van der Waals surface area contributed by atoms with E-state index >= 15 is 0 Å². The van der Waals surface area contributed by atoms with E-state index in [4.69, 9.17) is 0 Å². The number of guanidine groups is 1. The van der Waals surface area contributed by atoms with Crippen molar-refractivity contribution in [2.45, 2.75) is 19.8 Å². The van der Waals surface area contributed by atoms with Crippen LogP contribution in [0.2, 0.25) is 0 Å². The molecule has 110 valence electrons. The zero-order chi connectivity index (χ0) is 13.2. The van der Waals surface area contributed by atoms with Crippen LogP contribution in [-0.2, 0) is 12.8 Å². The molecule has 7 heteroatoms. The molecule has 0 unspecified atom stereocenters. The second-order valence-electron chi connectivity index (χ2n) is 3.74. The number of nitrogens with one attached hydrogen (secondary N) is 2. The Kier molecular flexibility index (Phi) is 11.8. The highest BCUT2D eigenvalue weighted by molar-refractivity contribution is 14.0. The monoisotopic (exact) mass is 414 g/mol. The van der Waals surface area contributed by atoms with Crippen LogP contribution in [0.1, 0.15) is 16.8 Å². The Labute approximate surface area is 141 Å². The minimum absolute atomic E-state index is 0. The zero-order valence-corrected chi connectivity index (χ0v) is 15.7. The molecule has 0 bridgehead atoms. The van der Waals surface area contributed by atoms with Crippen LogP contribution in [0, 0.1) is 0 Å². The molecule has 0 fully saturated rings. The van der Waals surface area contributed by atoms with Crippen LogP contribution < -0.4 is 10.6 Å². The van der Waals surface area contributed by atoms with Gasteiger partial charge in [-0.25, -0.2) is 4.98 Å². The maximum absolute atomic E-state index is 4.40. The number of nitrogens with zero attached hydrogens (tertiary/aromatic N) is 2. The lowest BCUT2D eigenvalue weighted by molar-refractivity contribution is 0.808. The summed E-state index contributed by atoms with van der Waals surface area (Å²) in [5.74, 6) is 1.96. The van der Waals surface area contributed by atoms with Gasteiger partial charge in [-0.05, 0) is 12.7 Å². The molecule has 0 saturated heterocycles. The lowest BCUT2D eigenvalue weighted by Crippen LogP contribution is -2.39. The van der Waals surface area contributed by atoms with Gasteiger partial charge in [0, 0.05) is 43.4 Å². The van der Waals surface area contributed by atoms with Gasteiger partial charge in [-0.2, -0.15) is 11.8 Å². The lowest BCUT2D eigenvalue weighted by Gasteiger charge is -2.10. The third-order valence-corrected chi connectivity index (χ3v) is 4.22. The van der Waals surface area contributed by atoms with E-state index in [1.807, 2.05) is 18.0 Å². The van der Waals surface area contributed by atoms with Crippen LogP contribution in [0.5, 0.6) is 0 Å². The third-order valence-electron chi connectivity index (χ3n) is 2.40. The first kappa shape index (κ1) is 19.0. The highest BCUT2D eigenvalue weighted by Crippen LogP contribution is 2.13. The lowest BCUT2D eigenvalue weighted by atomic mass is 10.4. The largest absolute Gasteiger partial charge is 0.356 e. The first-order valence-corrected chi connectivity index (χ1v) is 8.38. The van der Waals surface area contributed by atoms with Crippen molar-refractivity contribution in [3.63, 3.8) is 0 Å². The quantitative estimate of drug-likeness (QED) is 0.311. The van der Waals surface area contributed by atoms with Gasteiger partial charge >= 0.3 is 0 Å². The van der Waals surface area contributed by atoms with Crippen LogP contribution in [-0.4, -0.2) is 43.1 Å². The maximum atomic E-state index is 4.40. The minimum atomic E-state index is 0. The average molecular weight is 414 g/mol. The van der Waals surface area contributed by atoms with Crippen molar-refractivity contribution >= 4 is 53.0 Å². The molecule has 19 heavy (non-hydrogen) atoms. The number of aromatic nitrogens is 1. The Morgan fingerprint density at radius 2 is 2.16 bits per heavy atom. The molecule has 0 amide bonds. The Morgan fingerprint density at radius 3 is 2.74 bits per heavy atom. The summed E-state index contributed by atoms with van der Waals surface area (Å²) in [6, 6.07) is 0. The maximum Gasteiger partial charge on any atom is 0.191 e. The Bertz CT molecular complexity index is 368. The fourth-order valence-electron chi connectivity index (χ4n) is 1.41. The molecule has 1 heterocycles. The number of hydrogen-bond acceptors (Lipinski definition) is 4. The van der Waals surface area contributed by atoms with E-state index < -0.39 is 0 Å². The van der Waals surface area contributed by atoms with Crippen molar-refractivity contribution in [2.75, 3.05) is 32.1 Å². The van der Waals surface area contributed by atoms with E-state index in [9.17, 15) is 0 Å². The predicted molar refractivity (Wildman–Crippen MR) is 98.4 cm³/mol. The van der Waals surface area contributed by atoms with Crippen LogP contribution in [0.4, 0.5) is 0 Å². The zero-order valence-electron chi connectivity index (χ0n) is 11.7. The standard InChI is InChI=1S/C12H22N4S2.HI/c1-4-10-9-16-11(18-10)5-6-14-12(13-2)15-7-8-17-3;/h9H,4-8H2,1-3H3,(H2,13,14,15);1H. The van der Waals surface area contributed by atoms with E-state index in [0.29, 0.717) is 0 Å². The van der Waals surface area contributed by atoms with Crippen LogP contribution in [0.15, 0.2) is 11.2 Å². The second kappa shape index (κ2) is 11.8. The summed E-state index contributed by atoms with van der Waals surface area (Å²) in [7, 11) is 1.80. The van der Waals surface area contributed by atoms with Gasteiger partial charge in [-0.3, -0.25) is 4.99 Å². The highest BCUT2D eigenvalue weighted by atomic mass is 127. The van der Waals surface area contributed by atoms with Crippen molar-refractivity contribution in [1.82, 2.24) is 15.6 Å². The molecule has 0 spiro atoms. The molecule has 1 aromatic heterocycles. The summed E-state index contributed by atoms with van der Waals surface area (Å²) in [5, 5.41) is 7.77. The molecular formula is C12H23IN4S2. The summed E-state index contributed by atoms with van der Waals surface area (Å²) in [6.07, 6.45) is 6.11. The second-order valence-corrected chi connectivity index (χ2v) is 5.93. The molecule has 0 aliphatic rings. The minimum Gasteiger partial charge on any atom is -0.356 e. The van der Waals surface area contributed by atoms with Crippen LogP contribution in [0.25, 0.3) is 0 Å². The van der Waals surface area contributed by atoms with Gasteiger partial charge in [0.2, 0.25) is 0 Å². The Balaban J connectivity index is 0.00000324. The smallest absolute Gasteiger partial charge is 0.191 e. The normalized spacial score (nSPS) is 11.0. The number of thiazole rings is 1. The van der Waals surface area contributed by atoms with Crippen molar-refractivity contribution in [1.29, 1.82) is 0 Å². The van der Waals surface area contributed by atoms with Gasteiger partial charge < -0.3 is 10.6 Å². The molecule has 0 aliphatic heterocycles. The van der Waals surface area contributed by atoms with E-state index in [1.54, 1.807) is 18.4 Å². The van der Waals surface area contributed by atoms with Gasteiger partial charge in [0.15, 0.2) is 5.96 Å². The van der Waals surface area contributed by atoms with Crippen LogP contribution >= 0.6 is 47.1 Å². The van der Waals surface area contributed by atoms with E-state index in [1.165, 1.54) is 9.88 Å². The molecule has 1 rings (SSSR count). The highest BCUT2D eigenvalue weighted by Gasteiger charge is 2.01. The Morgan fingerprint density at radius 1 is 1.42 bits per heavy atom. The summed E-state index contributed by atoms with van der Waals surface area (Å²) in [5.41, 5.74) is 0. The molecule has 0 aliphatic carbocycles. The number of aliphatic imine (C=N–C) groups is 1. The summed E-state index contributed by atoms with van der Waals surface area (Å²) < 4.78 is 0.